The van der Waals surface area contributed by atoms with Crippen molar-refractivity contribution in [1.82, 2.24) is 5.32 Å². The molecule has 1 atom stereocenters. The molecule has 19 heavy (non-hydrogen) atoms. The van der Waals surface area contributed by atoms with Crippen molar-refractivity contribution >= 4 is 23.4 Å². The number of aliphatic hydroxyl groups is 1. The van der Waals surface area contributed by atoms with Crippen LogP contribution < -0.4 is 16.4 Å². The van der Waals surface area contributed by atoms with Crippen LogP contribution in [-0.4, -0.2) is 35.5 Å². The molecule has 1 heterocycles. The van der Waals surface area contributed by atoms with E-state index in [0.717, 1.165) is 5.56 Å². The molecule has 1 aromatic carbocycles. The fourth-order valence-corrected chi connectivity index (χ4v) is 1.75. The number of carbonyl (C=O) groups is 3. The Morgan fingerprint density at radius 3 is 2.89 bits per heavy atom. The number of hydrogen-bond donors (Lipinski definition) is 4. The molecule has 0 aliphatic carbocycles. The summed E-state index contributed by atoms with van der Waals surface area (Å²) in [5.41, 5.74) is 6.63. The summed E-state index contributed by atoms with van der Waals surface area (Å²) in [5, 5.41) is 14.2. The Labute approximate surface area is 108 Å². The van der Waals surface area contributed by atoms with Gasteiger partial charge in [-0.05, 0) is 17.7 Å². The maximum atomic E-state index is 11.8. The van der Waals surface area contributed by atoms with Crippen molar-refractivity contribution in [3.05, 3.63) is 29.3 Å². The SMILES string of the molecule is NC(=O)C(O)CNC(=O)c1ccc2c(c1)NC(=O)C2. The first-order chi connectivity index (χ1) is 8.97. The fraction of sp³-hybridized carbons (Fsp3) is 0.250. The smallest absolute Gasteiger partial charge is 0.251 e. The predicted molar refractivity (Wildman–Crippen MR) is 66.3 cm³/mol. The number of amides is 3. The zero-order chi connectivity index (χ0) is 14.0. The zero-order valence-corrected chi connectivity index (χ0v) is 9.97. The van der Waals surface area contributed by atoms with E-state index in [1.165, 1.54) is 0 Å². The highest BCUT2D eigenvalue weighted by Crippen LogP contribution is 2.23. The van der Waals surface area contributed by atoms with Gasteiger partial charge < -0.3 is 21.5 Å². The number of benzene rings is 1. The van der Waals surface area contributed by atoms with Gasteiger partial charge >= 0.3 is 0 Å². The van der Waals surface area contributed by atoms with E-state index in [2.05, 4.69) is 10.6 Å². The van der Waals surface area contributed by atoms with E-state index < -0.39 is 17.9 Å². The molecule has 7 nitrogen and oxygen atoms in total. The first kappa shape index (κ1) is 13.0. The largest absolute Gasteiger partial charge is 0.381 e. The van der Waals surface area contributed by atoms with Crippen molar-refractivity contribution in [3.63, 3.8) is 0 Å². The molecule has 1 aliphatic heterocycles. The van der Waals surface area contributed by atoms with Crippen molar-refractivity contribution in [1.29, 1.82) is 0 Å². The van der Waals surface area contributed by atoms with Crippen molar-refractivity contribution in [2.75, 3.05) is 11.9 Å². The van der Waals surface area contributed by atoms with Crippen LogP contribution in [0.5, 0.6) is 0 Å². The molecular formula is C12H13N3O4. The van der Waals surface area contributed by atoms with E-state index in [4.69, 9.17) is 10.8 Å². The normalized spacial score (nSPS) is 14.5. The second-order valence-electron chi connectivity index (χ2n) is 4.23. The van der Waals surface area contributed by atoms with Crippen LogP contribution >= 0.6 is 0 Å². The van der Waals surface area contributed by atoms with Crippen molar-refractivity contribution in [2.24, 2.45) is 5.73 Å². The maximum Gasteiger partial charge on any atom is 0.251 e. The first-order valence-electron chi connectivity index (χ1n) is 5.65. The van der Waals surface area contributed by atoms with E-state index >= 15 is 0 Å². The van der Waals surface area contributed by atoms with Crippen LogP contribution in [0, 0.1) is 0 Å². The molecule has 0 saturated heterocycles. The average Bonchev–Trinajstić information content (AvgIpc) is 2.74. The zero-order valence-electron chi connectivity index (χ0n) is 9.97. The van der Waals surface area contributed by atoms with E-state index in [1.807, 2.05) is 0 Å². The Morgan fingerprint density at radius 2 is 2.21 bits per heavy atom. The van der Waals surface area contributed by atoms with E-state index in [9.17, 15) is 14.4 Å². The third kappa shape index (κ3) is 2.89. The van der Waals surface area contributed by atoms with Gasteiger partial charge in [-0.3, -0.25) is 14.4 Å². The number of rotatable bonds is 4. The molecule has 5 N–H and O–H groups in total. The second-order valence-corrected chi connectivity index (χ2v) is 4.23. The first-order valence-corrected chi connectivity index (χ1v) is 5.65. The number of nitrogens with one attached hydrogen (secondary N) is 2. The number of anilines is 1. The minimum atomic E-state index is -1.42. The van der Waals surface area contributed by atoms with Crippen LogP contribution in [0.2, 0.25) is 0 Å². The van der Waals surface area contributed by atoms with Crippen molar-refractivity contribution in [2.45, 2.75) is 12.5 Å². The summed E-state index contributed by atoms with van der Waals surface area (Å²) in [6, 6.07) is 4.81. The van der Waals surface area contributed by atoms with Crippen LogP contribution in [0.25, 0.3) is 0 Å². The summed E-state index contributed by atoms with van der Waals surface area (Å²) in [4.78, 5) is 33.6. The summed E-state index contributed by atoms with van der Waals surface area (Å²) in [6.07, 6.45) is -1.12. The lowest BCUT2D eigenvalue weighted by Crippen LogP contribution is -2.39. The average molecular weight is 263 g/mol. The number of aliphatic hydroxyl groups excluding tert-OH is 1. The Morgan fingerprint density at radius 1 is 1.47 bits per heavy atom. The Kier molecular flexibility index (Phi) is 3.48. The molecule has 0 aromatic heterocycles. The molecule has 7 heteroatoms. The van der Waals surface area contributed by atoms with Gasteiger partial charge in [0, 0.05) is 11.3 Å². The molecule has 0 bridgehead atoms. The van der Waals surface area contributed by atoms with Gasteiger partial charge in [-0.1, -0.05) is 6.07 Å². The quantitative estimate of drug-likeness (QED) is 0.542. The van der Waals surface area contributed by atoms with Gasteiger partial charge in [-0.2, -0.15) is 0 Å². The molecule has 3 amide bonds. The molecule has 0 radical (unpaired) electrons. The van der Waals surface area contributed by atoms with Crippen molar-refractivity contribution in [3.8, 4) is 0 Å². The number of primary amides is 1. The van der Waals surface area contributed by atoms with Gasteiger partial charge in [-0.15, -0.1) is 0 Å². The van der Waals surface area contributed by atoms with E-state index in [1.54, 1.807) is 18.2 Å². The van der Waals surface area contributed by atoms with Gasteiger partial charge in [0.2, 0.25) is 11.8 Å². The molecule has 0 saturated carbocycles. The topological polar surface area (TPSA) is 122 Å². The van der Waals surface area contributed by atoms with Crippen LogP contribution in [-0.2, 0) is 16.0 Å². The minimum absolute atomic E-state index is 0.114. The second kappa shape index (κ2) is 5.07. The summed E-state index contributed by atoms with van der Waals surface area (Å²) < 4.78 is 0. The van der Waals surface area contributed by atoms with Gasteiger partial charge in [0.05, 0.1) is 13.0 Å². The number of nitrogens with two attached hydrogens (primary N) is 1. The van der Waals surface area contributed by atoms with Crippen LogP contribution in [0.15, 0.2) is 18.2 Å². The lowest BCUT2D eigenvalue weighted by atomic mass is 10.1. The Hall–Kier alpha value is -2.41. The Bertz CT molecular complexity index is 556. The standard InChI is InChI=1S/C12H13N3O4/c13-11(18)9(16)5-14-12(19)7-2-1-6-4-10(17)15-8(6)3-7/h1-3,9,16H,4-5H2,(H2,13,18)(H,14,19)(H,15,17). The summed E-state index contributed by atoms with van der Waals surface area (Å²) in [5.74, 6) is -1.47. The van der Waals surface area contributed by atoms with Crippen molar-refractivity contribution < 1.29 is 19.5 Å². The van der Waals surface area contributed by atoms with Gasteiger partial charge in [0.1, 0.15) is 6.10 Å². The minimum Gasteiger partial charge on any atom is -0.381 e. The summed E-state index contributed by atoms with van der Waals surface area (Å²) in [7, 11) is 0. The lowest BCUT2D eigenvalue weighted by Gasteiger charge is -2.09. The molecule has 100 valence electrons. The van der Waals surface area contributed by atoms with E-state index in [-0.39, 0.29) is 12.5 Å². The van der Waals surface area contributed by atoms with Gasteiger partial charge in [-0.25, -0.2) is 0 Å². The van der Waals surface area contributed by atoms with Gasteiger partial charge in [0.25, 0.3) is 5.91 Å². The van der Waals surface area contributed by atoms with Crippen LogP contribution in [0.1, 0.15) is 15.9 Å². The third-order valence-electron chi connectivity index (χ3n) is 2.78. The van der Waals surface area contributed by atoms with E-state index in [0.29, 0.717) is 17.7 Å². The molecule has 1 aliphatic rings. The van der Waals surface area contributed by atoms with Crippen LogP contribution in [0.3, 0.4) is 0 Å². The Balaban J connectivity index is 2.03. The maximum absolute atomic E-state index is 11.8. The predicted octanol–water partition coefficient (Wildman–Crippen LogP) is -1.24. The fourth-order valence-electron chi connectivity index (χ4n) is 1.75. The number of fused-ring (bicyclic) bond motifs is 1. The van der Waals surface area contributed by atoms with Gasteiger partial charge in [0.15, 0.2) is 0 Å². The summed E-state index contributed by atoms with van der Waals surface area (Å²) >= 11 is 0. The highest BCUT2D eigenvalue weighted by atomic mass is 16.3. The molecule has 1 unspecified atom stereocenters. The highest BCUT2D eigenvalue weighted by Gasteiger charge is 2.19. The van der Waals surface area contributed by atoms with Crippen LogP contribution in [0.4, 0.5) is 5.69 Å². The lowest BCUT2D eigenvalue weighted by molar-refractivity contribution is -0.125. The molecule has 0 fully saturated rings. The summed E-state index contributed by atoms with van der Waals surface area (Å²) in [6.45, 7) is -0.252. The third-order valence-corrected chi connectivity index (χ3v) is 2.78. The monoisotopic (exact) mass is 263 g/mol. The molecule has 2 rings (SSSR count). The molecule has 1 aromatic rings. The molecule has 0 spiro atoms. The highest BCUT2D eigenvalue weighted by molar-refractivity contribution is 6.02. The number of hydrogen-bond acceptors (Lipinski definition) is 4. The number of carbonyl (C=O) groups excluding carboxylic acids is 3. The molecular weight excluding hydrogens is 250 g/mol.